The molecule has 0 aliphatic rings. The third-order valence-corrected chi connectivity index (χ3v) is 3.28. The second-order valence-corrected chi connectivity index (χ2v) is 6.80. The number of carbonyl (C=O) groups is 1. The van der Waals surface area contributed by atoms with Crippen LogP contribution in [-0.4, -0.2) is 17.4 Å². The summed E-state index contributed by atoms with van der Waals surface area (Å²) in [5, 5.41) is 0. The Morgan fingerprint density at radius 1 is 1.37 bits per heavy atom. The van der Waals surface area contributed by atoms with Crippen molar-refractivity contribution in [3.63, 3.8) is 0 Å². The standard InChI is InChI=1S/C15H21BrFNO/c1-5-18(14(19)9-15(2,3)4)10-11-8-12(16)6-7-13(11)17/h6-8H,5,9-10H2,1-4H3. The maximum atomic E-state index is 13.7. The number of halogens is 2. The van der Waals surface area contributed by atoms with Crippen molar-refractivity contribution in [3.05, 3.63) is 34.1 Å². The molecule has 0 radical (unpaired) electrons. The van der Waals surface area contributed by atoms with Gasteiger partial charge < -0.3 is 4.90 Å². The summed E-state index contributed by atoms with van der Waals surface area (Å²) in [4.78, 5) is 13.9. The number of benzene rings is 1. The molecule has 1 amide bonds. The largest absolute Gasteiger partial charge is 0.339 e. The number of hydrogen-bond acceptors (Lipinski definition) is 1. The summed E-state index contributed by atoms with van der Waals surface area (Å²) in [5.74, 6) is -0.209. The summed E-state index contributed by atoms with van der Waals surface area (Å²) in [6, 6.07) is 4.80. The van der Waals surface area contributed by atoms with Gasteiger partial charge in [-0.15, -0.1) is 0 Å². The van der Waals surface area contributed by atoms with Crippen LogP contribution in [0.15, 0.2) is 22.7 Å². The van der Waals surface area contributed by atoms with Crippen LogP contribution < -0.4 is 0 Å². The summed E-state index contributed by atoms with van der Waals surface area (Å²) < 4.78 is 14.5. The third kappa shape index (κ3) is 5.31. The Labute approximate surface area is 123 Å². The average molecular weight is 330 g/mol. The summed E-state index contributed by atoms with van der Waals surface area (Å²) in [7, 11) is 0. The molecule has 0 saturated heterocycles. The Morgan fingerprint density at radius 2 is 2.00 bits per heavy atom. The van der Waals surface area contributed by atoms with Crippen LogP contribution in [0.25, 0.3) is 0 Å². The minimum absolute atomic E-state index is 0.0552. The van der Waals surface area contributed by atoms with E-state index < -0.39 is 0 Å². The summed E-state index contributed by atoms with van der Waals surface area (Å²) in [6.45, 7) is 8.89. The highest BCUT2D eigenvalue weighted by Crippen LogP contribution is 2.22. The van der Waals surface area contributed by atoms with E-state index in [0.29, 0.717) is 25.1 Å². The molecule has 0 aliphatic carbocycles. The maximum absolute atomic E-state index is 13.7. The minimum Gasteiger partial charge on any atom is -0.339 e. The number of hydrogen-bond donors (Lipinski definition) is 0. The lowest BCUT2D eigenvalue weighted by Crippen LogP contribution is -2.33. The van der Waals surface area contributed by atoms with Crippen LogP contribution in [0.2, 0.25) is 0 Å². The van der Waals surface area contributed by atoms with E-state index in [0.717, 1.165) is 4.47 Å². The topological polar surface area (TPSA) is 20.3 Å². The molecule has 1 aromatic rings. The van der Waals surface area contributed by atoms with E-state index in [1.54, 1.807) is 17.0 Å². The maximum Gasteiger partial charge on any atom is 0.223 e. The van der Waals surface area contributed by atoms with E-state index in [1.165, 1.54) is 6.07 Å². The third-order valence-electron chi connectivity index (χ3n) is 2.78. The van der Waals surface area contributed by atoms with Gasteiger partial charge in [0.2, 0.25) is 5.91 Å². The van der Waals surface area contributed by atoms with Crippen LogP contribution >= 0.6 is 15.9 Å². The fourth-order valence-corrected chi connectivity index (χ4v) is 2.22. The Hall–Kier alpha value is -0.900. The second kappa shape index (κ2) is 6.51. The lowest BCUT2D eigenvalue weighted by Gasteiger charge is -2.26. The number of amides is 1. The van der Waals surface area contributed by atoms with Gasteiger partial charge in [-0.25, -0.2) is 4.39 Å². The first-order valence-electron chi connectivity index (χ1n) is 6.44. The van der Waals surface area contributed by atoms with E-state index in [1.807, 2.05) is 27.7 Å². The lowest BCUT2D eigenvalue weighted by atomic mass is 9.91. The molecule has 106 valence electrons. The molecular formula is C15H21BrFNO. The van der Waals surface area contributed by atoms with Gasteiger partial charge >= 0.3 is 0 Å². The van der Waals surface area contributed by atoms with Gasteiger partial charge in [-0.1, -0.05) is 36.7 Å². The first kappa shape index (κ1) is 16.2. The molecule has 0 bridgehead atoms. The first-order valence-corrected chi connectivity index (χ1v) is 7.24. The highest BCUT2D eigenvalue weighted by molar-refractivity contribution is 9.10. The average Bonchev–Trinajstić information content (AvgIpc) is 2.27. The van der Waals surface area contributed by atoms with Crippen molar-refractivity contribution in [2.75, 3.05) is 6.54 Å². The Bertz CT molecular complexity index is 454. The van der Waals surface area contributed by atoms with Crippen LogP contribution in [0, 0.1) is 11.2 Å². The molecule has 0 aromatic heterocycles. The Kier molecular flexibility index (Phi) is 5.53. The molecule has 0 fully saturated rings. The van der Waals surface area contributed by atoms with Crippen molar-refractivity contribution in [2.24, 2.45) is 5.41 Å². The lowest BCUT2D eigenvalue weighted by molar-refractivity contribution is -0.133. The number of carbonyl (C=O) groups excluding carboxylic acids is 1. The van der Waals surface area contributed by atoms with Crippen LogP contribution in [0.5, 0.6) is 0 Å². The van der Waals surface area contributed by atoms with E-state index in [-0.39, 0.29) is 17.1 Å². The van der Waals surface area contributed by atoms with Gasteiger partial charge in [-0.3, -0.25) is 4.79 Å². The fraction of sp³-hybridized carbons (Fsp3) is 0.533. The molecule has 4 heteroatoms. The normalized spacial score (nSPS) is 11.5. The van der Waals surface area contributed by atoms with Crippen molar-refractivity contribution < 1.29 is 9.18 Å². The molecule has 0 N–H and O–H groups in total. The molecule has 19 heavy (non-hydrogen) atoms. The zero-order valence-electron chi connectivity index (χ0n) is 12.0. The Morgan fingerprint density at radius 3 is 2.53 bits per heavy atom. The van der Waals surface area contributed by atoms with Crippen LogP contribution in [0.3, 0.4) is 0 Å². The van der Waals surface area contributed by atoms with Crippen LogP contribution in [0.1, 0.15) is 39.7 Å². The van der Waals surface area contributed by atoms with Gasteiger partial charge in [-0.05, 0) is 30.5 Å². The number of nitrogens with zero attached hydrogens (tertiary/aromatic N) is 1. The quantitative estimate of drug-likeness (QED) is 0.803. The van der Waals surface area contributed by atoms with E-state index in [9.17, 15) is 9.18 Å². The molecule has 0 atom stereocenters. The monoisotopic (exact) mass is 329 g/mol. The molecule has 1 rings (SSSR count). The van der Waals surface area contributed by atoms with Crippen molar-refractivity contribution >= 4 is 21.8 Å². The van der Waals surface area contributed by atoms with Crippen molar-refractivity contribution in [2.45, 2.75) is 40.7 Å². The first-order chi connectivity index (χ1) is 8.73. The highest BCUT2D eigenvalue weighted by atomic mass is 79.9. The van der Waals surface area contributed by atoms with Crippen molar-refractivity contribution in [1.29, 1.82) is 0 Å². The van der Waals surface area contributed by atoms with Crippen LogP contribution in [-0.2, 0) is 11.3 Å². The molecular weight excluding hydrogens is 309 g/mol. The SMILES string of the molecule is CCN(Cc1cc(Br)ccc1F)C(=O)CC(C)(C)C. The molecule has 0 saturated carbocycles. The predicted molar refractivity (Wildman–Crippen MR) is 79.3 cm³/mol. The molecule has 0 aliphatic heterocycles. The van der Waals surface area contributed by atoms with Gasteiger partial charge in [-0.2, -0.15) is 0 Å². The molecule has 1 aromatic carbocycles. The predicted octanol–water partition coefficient (Wildman–Crippen LogP) is 4.37. The van der Waals surface area contributed by atoms with Gasteiger partial charge in [0, 0.05) is 29.5 Å². The van der Waals surface area contributed by atoms with Crippen molar-refractivity contribution in [1.82, 2.24) is 4.90 Å². The van der Waals surface area contributed by atoms with E-state index in [2.05, 4.69) is 15.9 Å². The van der Waals surface area contributed by atoms with E-state index in [4.69, 9.17) is 0 Å². The van der Waals surface area contributed by atoms with Gasteiger partial charge in [0.15, 0.2) is 0 Å². The molecule has 0 heterocycles. The van der Waals surface area contributed by atoms with Gasteiger partial charge in [0.25, 0.3) is 0 Å². The van der Waals surface area contributed by atoms with E-state index >= 15 is 0 Å². The van der Waals surface area contributed by atoms with Gasteiger partial charge in [0.1, 0.15) is 5.82 Å². The van der Waals surface area contributed by atoms with Crippen molar-refractivity contribution in [3.8, 4) is 0 Å². The van der Waals surface area contributed by atoms with Gasteiger partial charge in [0.05, 0.1) is 0 Å². The van der Waals surface area contributed by atoms with Crippen LogP contribution in [0.4, 0.5) is 4.39 Å². The Balaban J connectivity index is 2.82. The molecule has 2 nitrogen and oxygen atoms in total. The molecule has 0 unspecified atom stereocenters. The summed E-state index contributed by atoms with van der Waals surface area (Å²) in [6.07, 6.45) is 0.469. The smallest absolute Gasteiger partial charge is 0.223 e. The summed E-state index contributed by atoms with van der Waals surface area (Å²) in [5.41, 5.74) is 0.485. The zero-order chi connectivity index (χ0) is 14.6. The minimum atomic E-state index is -0.273. The molecule has 0 spiro atoms. The zero-order valence-corrected chi connectivity index (χ0v) is 13.6. The summed E-state index contributed by atoms with van der Waals surface area (Å²) >= 11 is 3.32. The number of rotatable bonds is 4. The second-order valence-electron chi connectivity index (χ2n) is 5.88. The fourth-order valence-electron chi connectivity index (χ4n) is 1.81. The highest BCUT2D eigenvalue weighted by Gasteiger charge is 2.21.